The van der Waals surface area contributed by atoms with Gasteiger partial charge >= 0.3 is 0 Å². The van der Waals surface area contributed by atoms with E-state index >= 15 is 0 Å². The average Bonchev–Trinajstić information content (AvgIpc) is 2.86. The molecule has 1 saturated heterocycles. The van der Waals surface area contributed by atoms with E-state index in [9.17, 15) is 9.59 Å². The zero-order valence-electron chi connectivity index (χ0n) is 16.7. The van der Waals surface area contributed by atoms with Gasteiger partial charge in [-0.2, -0.15) is 0 Å². The predicted molar refractivity (Wildman–Crippen MR) is 101 cm³/mol. The van der Waals surface area contributed by atoms with Crippen molar-refractivity contribution < 1.29 is 9.59 Å². The number of amides is 2. The van der Waals surface area contributed by atoms with Crippen LogP contribution in [0.4, 0.5) is 0 Å². The van der Waals surface area contributed by atoms with Crippen LogP contribution in [-0.2, 0) is 9.59 Å². The van der Waals surface area contributed by atoms with E-state index in [0.717, 1.165) is 25.7 Å². The fourth-order valence-electron chi connectivity index (χ4n) is 5.64. The molecule has 0 aromatic carbocycles. The first-order valence-corrected chi connectivity index (χ1v) is 10.4. The van der Waals surface area contributed by atoms with Crippen LogP contribution in [0.3, 0.4) is 0 Å². The van der Waals surface area contributed by atoms with Gasteiger partial charge in [-0.05, 0) is 36.5 Å². The fraction of sp³-hybridized carbons (Fsp3) is 0.818. The molecule has 1 saturated carbocycles. The molecule has 0 spiro atoms. The van der Waals surface area contributed by atoms with Crippen LogP contribution in [0.15, 0.2) is 12.2 Å². The highest BCUT2D eigenvalue weighted by Gasteiger charge is 2.66. The molecule has 4 aliphatic rings. The minimum Gasteiger partial charge on any atom is -0.282 e. The zero-order chi connectivity index (χ0) is 18.4. The number of imide groups is 1. The third-order valence-corrected chi connectivity index (χ3v) is 7.62. The molecule has 1 aliphatic heterocycles. The molecule has 2 amide bonds. The van der Waals surface area contributed by atoms with Gasteiger partial charge < -0.3 is 0 Å². The van der Waals surface area contributed by atoms with E-state index in [1.807, 2.05) is 0 Å². The summed E-state index contributed by atoms with van der Waals surface area (Å²) in [5.74, 6) is 0.800. The van der Waals surface area contributed by atoms with Crippen molar-refractivity contribution in [2.24, 2.45) is 34.5 Å². The molecule has 0 aromatic rings. The van der Waals surface area contributed by atoms with E-state index in [1.165, 1.54) is 12.8 Å². The number of likely N-dealkylation sites (tertiary alicyclic amines) is 1. The second-order valence-corrected chi connectivity index (χ2v) is 9.27. The van der Waals surface area contributed by atoms with Gasteiger partial charge in [-0.15, -0.1) is 0 Å². The topological polar surface area (TPSA) is 37.4 Å². The van der Waals surface area contributed by atoms with Gasteiger partial charge in [-0.1, -0.05) is 66.0 Å². The lowest BCUT2D eigenvalue weighted by Gasteiger charge is -2.55. The molecule has 1 heterocycles. The molecule has 3 heteroatoms. The van der Waals surface area contributed by atoms with Crippen LogP contribution < -0.4 is 0 Å². The van der Waals surface area contributed by atoms with Gasteiger partial charge in [0.05, 0.1) is 11.8 Å². The van der Waals surface area contributed by atoms with Gasteiger partial charge in [0.25, 0.3) is 0 Å². The molecule has 2 fully saturated rings. The SMILES string of the molecule is CCCCC(CC)CN1C(=O)[C@@H]2[C@H](C1=O)[C@]1(C(C)C)C=C[C@@]2(C)CC1. The fourth-order valence-corrected chi connectivity index (χ4v) is 5.64. The Morgan fingerprint density at radius 1 is 1.12 bits per heavy atom. The standard InChI is InChI=1S/C22H35NO2/c1-6-8-9-16(7-2)14-23-19(24)17-18(20(23)25)22(15(3)4)12-10-21(17,5)11-13-22/h10,12,15-18H,6-9,11,13-14H2,1-5H3/t16?,17-,18+,21-,22+/m0/s1. The highest BCUT2D eigenvalue weighted by molar-refractivity contribution is 6.06. The number of allylic oxidation sites excluding steroid dienone is 2. The lowest BCUT2D eigenvalue weighted by molar-refractivity contribution is -0.141. The number of carbonyl (C=O) groups is 2. The molecule has 3 aliphatic carbocycles. The van der Waals surface area contributed by atoms with Gasteiger partial charge in [0.15, 0.2) is 0 Å². The summed E-state index contributed by atoms with van der Waals surface area (Å²) in [5.41, 5.74) is -0.247. The molecule has 25 heavy (non-hydrogen) atoms. The molecule has 5 atom stereocenters. The largest absolute Gasteiger partial charge is 0.282 e. The van der Waals surface area contributed by atoms with Gasteiger partial charge in [0.2, 0.25) is 11.8 Å². The van der Waals surface area contributed by atoms with E-state index in [2.05, 4.69) is 46.8 Å². The van der Waals surface area contributed by atoms with E-state index in [-0.39, 0.29) is 34.5 Å². The minimum absolute atomic E-state index is 0.113. The molecule has 0 aromatic heterocycles. The lowest BCUT2D eigenvalue weighted by Crippen LogP contribution is -2.53. The Kier molecular flexibility index (Phi) is 4.89. The molecule has 0 N–H and O–H groups in total. The maximum absolute atomic E-state index is 13.4. The number of carbonyl (C=O) groups excluding carboxylic acids is 2. The Morgan fingerprint density at radius 2 is 1.80 bits per heavy atom. The lowest BCUT2D eigenvalue weighted by atomic mass is 9.46. The zero-order valence-corrected chi connectivity index (χ0v) is 16.7. The third-order valence-electron chi connectivity index (χ3n) is 7.62. The van der Waals surface area contributed by atoms with Crippen LogP contribution in [0.5, 0.6) is 0 Å². The van der Waals surface area contributed by atoms with Crippen molar-refractivity contribution in [3.63, 3.8) is 0 Å². The first-order chi connectivity index (χ1) is 11.8. The van der Waals surface area contributed by atoms with Crippen LogP contribution in [0.1, 0.15) is 73.1 Å². The van der Waals surface area contributed by atoms with Gasteiger partial charge in [0.1, 0.15) is 0 Å². The molecule has 3 nitrogen and oxygen atoms in total. The Balaban J connectivity index is 1.90. The maximum atomic E-state index is 13.4. The molecule has 2 bridgehead atoms. The molecule has 140 valence electrons. The van der Waals surface area contributed by atoms with E-state index in [1.54, 1.807) is 4.90 Å². The Morgan fingerprint density at radius 3 is 2.32 bits per heavy atom. The number of hydrogen-bond acceptors (Lipinski definition) is 2. The van der Waals surface area contributed by atoms with Crippen LogP contribution in [0.2, 0.25) is 0 Å². The van der Waals surface area contributed by atoms with Gasteiger partial charge in [0, 0.05) is 12.0 Å². The minimum atomic E-state index is -0.134. The third kappa shape index (κ3) is 2.69. The number of hydrogen-bond donors (Lipinski definition) is 0. The van der Waals surface area contributed by atoms with Crippen molar-refractivity contribution >= 4 is 11.8 Å². The monoisotopic (exact) mass is 345 g/mol. The van der Waals surface area contributed by atoms with Crippen molar-refractivity contribution in [3.05, 3.63) is 12.2 Å². The van der Waals surface area contributed by atoms with Crippen molar-refractivity contribution in [3.8, 4) is 0 Å². The molecular formula is C22H35NO2. The Hall–Kier alpha value is -1.12. The first-order valence-electron chi connectivity index (χ1n) is 10.4. The second-order valence-electron chi connectivity index (χ2n) is 9.27. The van der Waals surface area contributed by atoms with Gasteiger partial charge in [-0.3, -0.25) is 14.5 Å². The average molecular weight is 346 g/mol. The quantitative estimate of drug-likeness (QED) is 0.490. The summed E-state index contributed by atoms with van der Waals surface area (Å²) in [6.07, 6.45) is 11.1. The Labute approximate surface area is 153 Å². The first kappa shape index (κ1) is 18.7. The number of nitrogens with zero attached hydrogens (tertiary/aromatic N) is 1. The molecule has 1 unspecified atom stereocenters. The molecule has 4 rings (SSSR count). The predicted octanol–water partition coefficient (Wildman–Crippen LogP) is 4.82. The Bertz CT molecular complexity index is 581. The maximum Gasteiger partial charge on any atom is 0.234 e. The van der Waals surface area contributed by atoms with Crippen LogP contribution >= 0.6 is 0 Å². The summed E-state index contributed by atoms with van der Waals surface area (Å²) >= 11 is 0. The summed E-state index contributed by atoms with van der Waals surface area (Å²) in [4.78, 5) is 28.4. The number of fused-ring (bicyclic) bond motifs is 1. The number of unbranched alkanes of at least 4 members (excludes halogenated alkanes) is 1. The van der Waals surface area contributed by atoms with E-state index in [0.29, 0.717) is 18.4 Å². The summed E-state index contributed by atoms with van der Waals surface area (Å²) < 4.78 is 0. The van der Waals surface area contributed by atoms with Gasteiger partial charge in [-0.25, -0.2) is 0 Å². The van der Waals surface area contributed by atoms with E-state index in [4.69, 9.17) is 0 Å². The highest BCUT2D eigenvalue weighted by atomic mass is 16.2. The van der Waals surface area contributed by atoms with E-state index < -0.39 is 0 Å². The normalized spacial score (nSPS) is 37.9. The molecule has 0 radical (unpaired) electrons. The van der Waals surface area contributed by atoms with Crippen molar-refractivity contribution in [1.82, 2.24) is 4.90 Å². The van der Waals surface area contributed by atoms with Crippen LogP contribution in [0, 0.1) is 34.5 Å². The van der Waals surface area contributed by atoms with Crippen molar-refractivity contribution in [1.29, 1.82) is 0 Å². The van der Waals surface area contributed by atoms with Crippen LogP contribution in [0.25, 0.3) is 0 Å². The van der Waals surface area contributed by atoms with Crippen LogP contribution in [-0.4, -0.2) is 23.3 Å². The van der Waals surface area contributed by atoms with Crippen molar-refractivity contribution in [2.75, 3.05) is 6.54 Å². The smallest absolute Gasteiger partial charge is 0.234 e. The summed E-state index contributed by atoms with van der Waals surface area (Å²) in [6, 6.07) is 0. The summed E-state index contributed by atoms with van der Waals surface area (Å²) in [5, 5.41) is 0. The molecular weight excluding hydrogens is 310 g/mol. The van der Waals surface area contributed by atoms with Crippen molar-refractivity contribution in [2.45, 2.75) is 73.1 Å². The second kappa shape index (κ2) is 6.55. The summed E-state index contributed by atoms with van der Waals surface area (Å²) in [7, 11) is 0. The highest BCUT2D eigenvalue weighted by Crippen LogP contribution is 2.64. The number of rotatable bonds is 7. The summed E-state index contributed by atoms with van der Waals surface area (Å²) in [6.45, 7) is 11.6.